The number of aromatic nitrogens is 2. The summed E-state index contributed by atoms with van der Waals surface area (Å²) >= 11 is 0. The molecular formula is C13H24N4O3S. The lowest BCUT2D eigenvalue weighted by molar-refractivity contribution is 0.0376. The van der Waals surface area contributed by atoms with Crippen molar-refractivity contribution in [3.63, 3.8) is 0 Å². The molecule has 0 unspecified atom stereocenters. The van der Waals surface area contributed by atoms with E-state index < -0.39 is 10.0 Å². The van der Waals surface area contributed by atoms with Gasteiger partial charge in [0.25, 0.3) is 0 Å². The Labute approximate surface area is 126 Å². The lowest BCUT2D eigenvalue weighted by Gasteiger charge is -2.26. The number of hydrogen-bond acceptors (Lipinski definition) is 5. The van der Waals surface area contributed by atoms with Crippen LogP contribution in [0, 0.1) is 13.8 Å². The second kappa shape index (κ2) is 6.87. The Balaban J connectivity index is 1.86. The minimum atomic E-state index is -3.48. The van der Waals surface area contributed by atoms with Gasteiger partial charge in [0.15, 0.2) is 0 Å². The smallest absolute Gasteiger partial charge is 0.244 e. The summed E-state index contributed by atoms with van der Waals surface area (Å²) in [5.74, 6) is 0. The van der Waals surface area contributed by atoms with Crippen LogP contribution >= 0.6 is 0 Å². The molecule has 1 N–H and O–H groups in total. The van der Waals surface area contributed by atoms with Crippen LogP contribution < -0.4 is 4.72 Å². The first-order valence-electron chi connectivity index (χ1n) is 7.22. The Kier molecular flexibility index (Phi) is 5.37. The molecule has 0 spiro atoms. The molecule has 0 aliphatic carbocycles. The van der Waals surface area contributed by atoms with E-state index in [1.54, 1.807) is 25.6 Å². The topological polar surface area (TPSA) is 76.5 Å². The highest BCUT2D eigenvalue weighted by Gasteiger charge is 2.23. The van der Waals surface area contributed by atoms with Gasteiger partial charge in [0, 0.05) is 26.7 Å². The van der Waals surface area contributed by atoms with Gasteiger partial charge in [-0.25, -0.2) is 13.1 Å². The highest BCUT2D eigenvalue weighted by Crippen LogP contribution is 2.18. The van der Waals surface area contributed by atoms with Crippen molar-refractivity contribution in [1.29, 1.82) is 0 Å². The van der Waals surface area contributed by atoms with Gasteiger partial charge in [-0.1, -0.05) is 0 Å². The summed E-state index contributed by atoms with van der Waals surface area (Å²) in [6.45, 7) is 8.18. The molecule has 0 radical (unpaired) electrons. The molecule has 2 heterocycles. The molecule has 21 heavy (non-hydrogen) atoms. The highest BCUT2D eigenvalue weighted by atomic mass is 32.2. The molecule has 0 atom stereocenters. The van der Waals surface area contributed by atoms with Crippen LogP contribution in [0.3, 0.4) is 0 Å². The summed E-state index contributed by atoms with van der Waals surface area (Å²) in [5.41, 5.74) is 1.20. The first kappa shape index (κ1) is 16.4. The van der Waals surface area contributed by atoms with Crippen molar-refractivity contribution in [1.82, 2.24) is 19.4 Å². The van der Waals surface area contributed by atoms with Crippen LogP contribution in [-0.2, 0) is 21.8 Å². The molecule has 1 saturated heterocycles. The Morgan fingerprint density at radius 2 is 1.95 bits per heavy atom. The maximum Gasteiger partial charge on any atom is 0.244 e. The van der Waals surface area contributed by atoms with Crippen molar-refractivity contribution in [2.45, 2.75) is 25.2 Å². The predicted octanol–water partition coefficient (Wildman–Crippen LogP) is 0.0375. The van der Waals surface area contributed by atoms with Gasteiger partial charge in [-0.3, -0.25) is 9.58 Å². The average Bonchev–Trinajstić information content (AvgIpc) is 2.70. The number of nitrogens with zero attached hydrogens (tertiary/aromatic N) is 3. The quantitative estimate of drug-likeness (QED) is 0.750. The van der Waals surface area contributed by atoms with Gasteiger partial charge in [-0.2, -0.15) is 5.10 Å². The maximum absolute atomic E-state index is 12.3. The van der Waals surface area contributed by atoms with Gasteiger partial charge >= 0.3 is 0 Å². The van der Waals surface area contributed by atoms with Gasteiger partial charge in [0.2, 0.25) is 10.0 Å². The van der Waals surface area contributed by atoms with Gasteiger partial charge < -0.3 is 4.74 Å². The number of sulfonamides is 1. The van der Waals surface area contributed by atoms with Crippen LogP contribution in [-0.4, -0.2) is 62.5 Å². The zero-order chi connectivity index (χ0) is 15.5. The summed E-state index contributed by atoms with van der Waals surface area (Å²) in [4.78, 5) is 2.59. The molecule has 1 aliphatic heterocycles. The van der Waals surface area contributed by atoms with E-state index in [0.717, 1.165) is 39.3 Å². The van der Waals surface area contributed by atoms with Crippen molar-refractivity contribution in [2.75, 3.05) is 39.4 Å². The van der Waals surface area contributed by atoms with Crippen molar-refractivity contribution in [2.24, 2.45) is 7.05 Å². The minimum absolute atomic E-state index is 0.302. The maximum atomic E-state index is 12.3. The number of ether oxygens (including phenoxy) is 1. The number of nitrogens with one attached hydrogen (secondary N) is 1. The van der Waals surface area contributed by atoms with Crippen LogP contribution in [0.1, 0.15) is 17.8 Å². The molecular weight excluding hydrogens is 292 g/mol. The molecule has 0 saturated carbocycles. The molecule has 1 aromatic heterocycles. The van der Waals surface area contributed by atoms with E-state index in [1.807, 2.05) is 0 Å². The van der Waals surface area contributed by atoms with Crippen molar-refractivity contribution >= 4 is 10.0 Å². The van der Waals surface area contributed by atoms with Gasteiger partial charge in [0.1, 0.15) is 4.90 Å². The average molecular weight is 316 g/mol. The molecule has 2 rings (SSSR count). The molecule has 0 bridgehead atoms. The number of rotatable bonds is 6. The van der Waals surface area contributed by atoms with Crippen LogP contribution in [0.5, 0.6) is 0 Å². The molecule has 0 amide bonds. The lowest BCUT2D eigenvalue weighted by atomic mass is 10.3. The second-order valence-corrected chi connectivity index (χ2v) is 7.03. The molecule has 120 valence electrons. The van der Waals surface area contributed by atoms with Crippen molar-refractivity contribution < 1.29 is 13.2 Å². The van der Waals surface area contributed by atoms with Crippen LogP contribution in [0.4, 0.5) is 0 Å². The second-order valence-electron chi connectivity index (χ2n) is 5.33. The first-order chi connectivity index (χ1) is 9.92. The van der Waals surface area contributed by atoms with E-state index >= 15 is 0 Å². The van der Waals surface area contributed by atoms with Crippen molar-refractivity contribution in [3.8, 4) is 0 Å². The van der Waals surface area contributed by atoms with E-state index in [1.165, 1.54) is 0 Å². The fraction of sp³-hybridized carbons (Fsp3) is 0.769. The first-order valence-corrected chi connectivity index (χ1v) is 8.70. The Hall–Kier alpha value is -0.960. The predicted molar refractivity (Wildman–Crippen MR) is 79.7 cm³/mol. The van der Waals surface area contributed by atoms with Gasteiger partial charge in [-0.05, 0) is 26.8 Å². The van der Waals surface area contributed by atoms with Crippen molar-refractivity contribution in [3.05, 3.63) is 11.4 Å². The Morgan fingerprint density at radius 3 is 2.52 bits per heavy atom. The summed E-state index contributed by atoms with van der Waals surface area (Å²) in [7, 11) is -1.73. The summed E-state index contributed by atoms with van der Waals surface area (Å²) in [5, 5.41) is 4.15. The third kappa shape index (κ3) is 4.03. The SMILES string of the molecule is Cc1nn(C)c(C)c1S(=O)(=O)NCCCN1CCOCC1. The Morgan fingerprint density at radius 1 is 1.29 bits per heavy atom. The monoisotopic (exact) mass is 316 g/mol. The standard InChI is InChI=1S/C13H24N4O3S/c1-11-13(12(2)16(3)15-11)21(18,19)14-5-4-6-17-7-9-20-10-8-17/h14H,4-10H2,1-3H3. The molecule has 1 aliphatic rings. The van der Waals surface area contributed by atoms with Gasteiger partial charge in [-0.15, -0.1) is 0 Å². The number of aryl methyl sites for hydroxylation is 2. The van der Waals surface area contributed by atoms with Gasteiger partial charge in [0.05, 0.1) is 24.6 Å². The zero-order valence-electron chi connectivity index (χ0n) is 12.9. The zero-order valence-corrected chi connectivity index (χ0v) is 13.7. The fourth-order valence-corrected chi connectivity index (χ4v) is 4.06. The summed E-state index contributed by atoms with van der Waals surface area (Å²) in [6.07, 6.45) is 0.789. The minimum Gasteiger partial charge on any atom is -0.379 e. The lowest BCUT2D eigenvalue weighted by Crippen LogP contribution is -2.38. The number of morpholine rings is 1. The fourth-order valence-electron chi connectivity index (χ4n) is 2.55. The number of hydrogen-bond donors (Lipinski definition) is 1. The Bertz CT molecular complexity index is 576. The highest BCUT2D eigenvalue weighted by molar-refractivity contribution is 7.89. The molecule has 7 nitrogen and oxygen atoms in total. The molecule has 1 fully saturated rings. The molecule has 1 aromatic rings. The van der Waals surface area contributed by atoms with E-state index in [2.05, 4.69) is 14.7 Å². The largest absolute Gasteiger partial charge is 0.379 e. The molecule has 0 aromatic carbocycles. The third-order valence-corrected chi connectivity index (χ3v) is 5.47. The summed E-state index contributed by atoms with van der Waals surface area (Å²) < 4.78 is 34.2. The van der Waals surface area contributed by atoms with Crippen LogP contribution in [0.15, 0.2) is 4.90 Å². The van der Waals surface area contributed by atoms with E-state index in [-0.39, 0.29) is 0 Å². The van der Waals surface area contributed by atoms with E-state index in [4.69, 9.17) is 4.74 Å². The normalized spacial score (nSPS) is 17.3. The summed E-state index contributed by atoms with van der Waals surface area (Å²) in [6, 6.07) is 0. The van der Waals surface area contributed by atoms with E-state index in [0.29, 0.717) is 22.8 Å². The van der Waals surface area contributed by atoms with E-state index in [9.17, 15) is 8.42 Å². The van der Waals surface area contributed by atoms with Crippen LogP contribution in [0.2, 0.25) is 0 Å². The van der Waals surface area contributed by atoms with Crippen LogP contribution in [0.25, 0.3) is 0 Å². The molecule has 8 heteroatoms. The third-order valence-electron chi connectivity index (χ3n) is 3.76.